The van der Waals surface area contributed by atoms with Gasteiger partial charge in [-0.2, -0.15) is 0 Å². The average molecular weight is 176 g/mol. The van der Waals surface area contributed by atoms with Crippen LogP contribution in [0.5, 0.6) is 0 Å². The summed E-state index contributed by atoms with van der Waals surface area (Å²) in [6, 6.07) is 9.98. The molecule has 0 saturated carbocycles. The Balaban J connectivity index is 2.70. The highest BCUT2D eigenvalue weighted by atomic mass is 32.1. The first-order chi connectivity index (χ1) is 5.77. The lowest BCUT2D eigenvalue weighted by Crippen LogP contribution is -1.68. The van der Waals surface area contributed by atoms with Crippen LogP contribution in [0.25, 0.3) is 15.8 Å². The summed E-state index contributed by atoms with van der Waals surface area (Å²) in [4.78, 5) is 0.844. The van der Waals surface area contributed by atoms with Crippen LogP contribution in [0.15, 0.2) is 36.9 Å². The minimum Gasteiger partial charge on any atom is -0.507 e. The molecule has 0 aliphatic rings. The van der Waals surface area contributed by atoms with Crippen molar-refractivity contribution in [2.75, 3.05) is 0 Å². The van der Waals surface area contributed by atoms with Gasteiger partial charge in [-0.15, -0.1) is 11.3 Å². The van der Waals surface area contributed by atoms with Crippen molar-refractivity contribution < 1.29 is 5.11 Å². The van der Waals surface area contributed by atoms with Crippen LogP contribution in [0, 0.1) is 0 Å². The van der Waals surface area contributed by atoms with Gasteiger partial charge in [-0.25, -0.2) is 0 Å². The molecule has 12 heavy (non-hydrogen) atoms. The normalized spacial score (nSPS) is 10.3. The van der Waals surface area contributed by atoms with E-state index in [2.05, 4.69) is 6.58 Å². The minimum absolute atomic E-state index is 0.149. The van der Waals surface area contributed by atoms with Crippen LogP contribution in [-0.2, 0) is 0 Å². The van der Waals surface area contributed by atoms with Gasteiger partial charge in [-0.1, -0.05) is 24.8 Å². The third-order valence-corrected chi connectivity index (χ3v) is 2.88. The number of thiophene rings is 1. The zero-order valence-electron chi connectivity index (χ0n) is 6.45. The van der Waals surface area contributed by atoms with E-state index in [1.165, 1.54) is 4.70 Å². The van der Waals surface area contributed by atoms with Crippen molar-refractivity contribution in [3.63, 3.8) is 0 Å². The van der Waals surface area contributed by atoms with E-state index in [-0.39, 0.29) is 5.76 Å². The molecule has 0 amide bonds. The maximum atomic E-state index is 9.14. The molecule has 60 valence electrons. The third kappa shape index (κ3) is 1.10. The van der Waals surface area contributed by atoms with Crippen LogP contribution in [0.4, 0.5) is 0 Å². The molecule has 1 aromatic carbocycles. The molecule has 2 aromatic rings. The maximum Gasteiger partial charge on any atom is 0.125 e. The van der Waals surface area contributed by atoms with E-state index >= 15 is 0 Å². The van der Waals surface area contributed by atoms with E-state index in [1.54, 1.807) is 11.3 Å². The van der Waals surface area contributed by atoms with E-state index < -0.39 is 0 Å². The first-order valence-electron chi connectivity index (χ1n) is 3.64. The number of hydrogen-bond donors (Lipinski definition) is 1. The van der Waals surface area contributed by atoms with Crippen molar-refractivity contribution in [1.82, 2.24) is 0 Å². The highest BCUT2D eigenvalue weighted by Crippen LogP contribution is 2.28. The lowest BCUT2D eigenvalue weighted by Gasteiger charge is -1.86. The predicted molar refractivity (Wildman–Crippen MR) is 53.5 cm³/mol. The second kappa shape index (κ2) is 2.64. The summed E-state index contributed by atoms with van der Waals surface area (Å²) >= 11 is 1.56. The van der Waals surface area contributed by atoms with E-state index in [0.717, 1.165) is 10.3 Å². The molecule has 2 rings (SSSR count). The van der Waals surface area contributed by atoms with Gasteiger partial charge in [-0.3, -0.25) is 0 Å². The van der Waals surface area contributed by atoms with Crippen molar-refractivity contribution in [2.24, 2.45) is 0 Å². The molecule has 1 N–H and O–H groups in total. The van der Waals surface area contributed by atoms with E-state index in [1.807, 2.05) is 30.3 Å². The van der Waals surface area contributed by atoms with Crippen LogP contribution in [0.2, 0.25) is 0 Å². The van der Waals surface area contributed by atoms with Gasteiger partial charge in [0.2, 0.25) is 0 Å². The van der Waals surface area contributed by atoms with Gasteiger partial charge in [-0.05, 0) is 17.5 Å². The molecule has 0 unspecified atom stereocenters. The van der Waals surface area contributed by atoms with Gasteiger partial charge in [0.15, 0.2) is 0 Å². The van der Waals surface area contributed by atoms with Crippen molar-refractivity contribution >= 4 is 27.2 Å². The molecule has 1 aromatic heterocycles. The van der Waals surface area contributed by atoms with Gasteiger partial charge in [0, 0.05) is 4.70 Å². The number of aliphatic hydroxyl groups is 1. The monoisotopic (exact) mass is 176 g/mol. The number of rotatable bonds is 1. The summed E-state index contributed by atoms with van der Waals surface area (Å²) in [6.45, 7) is 3.49. The fraction of sp³-hybridized carbons (Fsp3) is 0. The standard InChI is InChI=1S/C10H8OS/c1-7(11)10-6-8-4-2-3-5-9(8)12-10/h2-6,11H,1H2. The fourth-order valence-electron chi connectivity index (χ4n) is 1.12. The Bertz CT molecular complexity index is 395. The van der Waals surface area contributed by atoms with E-state index in [9.17, 15) is 0 Å². The highest BCUT2D eigenvalue weighted by molar-refractivity contribution is 7.20. The summed E-state index contributed by atoms with van der Waals surface area (Å²) in [6.07, 6.45) is 0. The number of benzene rings is 1. The summed E-state index contributed by atoms with van der Waals surface area (Å²) in [5.74, 6) is 0.149. The van der Waals surface area contributed by atoms with Crippen molar-refractivity contribution in [1.29, 1.82) is 0 Å². The van der Waals surface area contributed by atoms with Gasteiger partial charge < -0.3 is 5.11 Å². The molecule has 1 heterocycles. The Morgan fingerprint density at radius 1 is 1.33 bits per heavy atom. The lowest BCUT2D eigenvalue weighted by molar-refractivity contribution is 0.516. The Morgan fingerprint density at radius 3 is 2.75 bits per heavy atom. The second-order valence-corrected chi connectivity index (χ2v) is 3.68. The van der Waals surface area contributed by atoms with Crippen molar-refractivity contribution in [3.05, 3.63) is 41.8 Å². The van der Waals surface area contributed by atoms with Gasteiger partial charge in [0.1, 0.15) is 5.76 Å². The topological polar surface area (TPSA) is 20.2 Å². The van der Waals surface area contributed by atoms with Gasteiger partial charge in [0.05, 0.1) is 4.88 Å². The summed E-state index contributed by atoms with van der Waals surface area (Å²) in [7, 11) is 0. The number of fused-ring (bicyclic) bond motifs is 1. The van der Waals surface area contributed by atoms with E-state index in [0.29, 0.717) is 0 Å². The lowest BCUT2D eigenvalue weighted by atomic mass is 10.2. The van der Waals surface area contributed by atoms with Crippen LogP contribution in [-0.4, -0.2) is 5.11 Å². The molecule has 0 bridgehead atoms. The average Bonchev–Trinajstić information content (AvgIpc) is 2.46. The summed E-state index contributed by atoms with van der Waals surface area (Å²) in [5, 5.41) is 10.3. The van der Waals surface area contributed by atoms with Gasteiger partial charge >= 0.3 is 0 Å². The molecule has 0 aliphatic heterocycles. The second-order valence-electron chi connectivity index (χ2n) is 2.60. The minimum atomic E-state index is 0.149. The molecule has 2 heteroatoms. The molecule has 0 aliphatic carbocycles. The molecular weight excluding hydrogens is 168 g/mol. The Kier molecular flexibility index (Phi) is 1.62. The molecular formula is C10H8OS. The number of hydrogen-bond acceptors (Lipinski definition) is 2. The van der Waals surface area contributed by atoms with Crippen LogP contribution >= 0.6 is 11.3 Å². The largest absolute Gasteiger partial charge is 0.507 e. The molecule has 0 radical (unpaired) electrons. The predicted octanol–water partition coefficient (Wildman–Crippen LogP) is 3.43. The van der Waals surface area contributed by atoms with Crippen molar-refractivity contribution in [3.8, 4) is 0 Å². The first kappa shape index (κ1) is 7.37. The maximum absolute atomic E-state index is 9.14. The molecule has 0 atom stereocenters. The summed E-state index contributed by atoms with van der Waals surface area (Å²) < 4.78 is 1.18. The summed E-state index contributed by atoms with van der Waals surface area (Å²) in [5.41, 5.74) is 0. The number of aliphatic hydroxyl groups excluding tert-OH is 1. The Morgan fingerprint density at radius 2 is 2.08 bits per heavy atom. The third-order valence-electron chi connectivity index (χ3n) is 1.71. The quantitative estimate of drug-likeness (QED) is 0.660. The van der Waals surface area contributed by atoms with E-state index in [4.69, 9.17) is 5.11 Å². The van der Waals surface area contributed by atoms with Gasteiger partial charge in [0.25, 0.3) is 0 Å². The zero-order valence-corrected chi connectivity index (χ0v) is 7.27. The fourth-order valence-corrected chi connectivity index (χ4v) is 2.06. The molecule has 0 fully saturated rings. The first-order valence-corrected chi connectivity index (χ1v) is 4.46. The smallest absolute Gasteiger partial charge is 0.125 e. The molecule has 0 saturated heterocycles. The van der Waals surface area contributed by atoms with Crippen molar-refractivity contribution in [2.45, 2.75) is 0 Å². The Hall–Kier alpha value is -1.28. The SMILES string of the molecule is C=C(O)c1cc2ccccc2s1. The molecule has 0 spiro atoms. The molecule has 1 nitrogen and oxygen atoms in total. The Labute approximate surface area is 74.6 Å². The van der Waals surface area contributed by atoms with Crippen LogP contribution < -0.4 is 0 Å². The zero-order chi connectivity index (χ0) is 8.55. The van der Waals surface area contributed by atoms with Crippen LogP contribution in [0.1, 0.15) is 4.88 Å². The highest BCUT2D eigenvalue weighted by Gasteiger charge is 2.01. The van der Waals surface area contributed by atoms with Crippen LogP contribution in [0.3, 0.4) is 0 Å².